The van der Waals surface area contributed by atoms with Gasteiger partial charge in [0.15, 0.2) is 5.82 Å². The summed E-state index contributed by atoms with van der Waals surface area (Å²) in [7, 11) is 0. The SMILES string of the molecule is c1ccc2sc(CN(c3nccn4nnnc34)C3CC3)nc2c1. The standard InChI is InChI=1S/C15H13N7S/c1-2-4-12-11(3-1)17-13(23-12)9-21(10-5-6-10)14-15-18-19-20-22(15)8-7-16-14/h1-4,7-8,10H,5-6,9H2. The Morgan fingerprint density at radius 1 is 1.26 bits per heavy atom. The van der Waals surface area contributed by atoms with E-state index in [4.69, 9.17) is 4.98 Å². The van der Waals surface area contributed by atoms with E-state index in [1.807, 2.05) is 12.1 Å². The number of tetrazole rings is 1. The van der Waals surface area contributed by atoms with Gasteiger partial charge < -0.3 is 4.90 Å². The Kier molecular flexibility index (Phi) is 2.77. The van der Waals surface area contributed by atoms with Gasteiger partial charge in [0.05, 0.1) is 23.0 Å². The van der Waals surface area contributed by atoms with E-state index >= 15 is 0 Å². The Morgan fingerprint density at radius 3 is 3.04 bits per heavy atom. The number of aromatic nitrogens is 6. The van der Waals surface area contributed by atoms with E-state index < -0.39 is 0 Å². The van der Waals surface area contributed by atoms with Crippen LogP contribution in [0.1, 0.15) is 17.8 Å². The molecule has 0 spiro atoms. The molecule has 0 aliphatic heterocycles. The molecule has 1 aliphatic rings. The van der Waals surface area contributed by atoms with Crippen LogP contribution in [0.3, 0.4) is 0 Å². The number of para-hydroxylation sites is 1. The maximum atomic E-state index is 4.75. The van der Waals surface area contributed by atoms with E-state index in [1.165, 1.54) is 17.5 Å². The molecule has 7 nitrogen and oxygen atoms in total. The average molecular weight is 323 g/mol. The van der Waals surface area contributed by atoms with Crippen molar-refractivity contribution >= 4 is 33.0 Å². The van der Waals surface area contributed by atoms with Crippen LogP contribution in [0, 0.1) is 0 Å². The van der Waals surface area contributed by atoms with Crippen LogP contribution in [0.5, 0.6) is 0 Å². The van der Waals surface area contributed by atoms with Gasteiger partial charge in [-0.3, -0.25) is 0 Å². The predicted octanol–water partition coefficient (Wildman–Crippen LogP) is 2.30. The van der Waals surface area contributed by atoms with Crippen molar-refractivity contribution < 1.29 is 0 Å². The lowest BCUT2D eigenvalue weighted by atomic mass is 10.3. The molecule has 0 unspecified atom stereocenters. The van der Waals surface area contributed by atoms with Gasteiger partial charge in [-0.05, 0) is 35.4 Å². The molecule has 0 radical (unpaired) electrons. The number of anilines is 1. The summed E-state index contributed by atoms with van der Waals surface area (Å²) in [6, 6.07) is 8.73. The highest BCUT2D eigenvalue weighted by molar-refractivity contribution is 7.18. The van der Waals surface area contributed by atoms with Crippen LogP contribution in [0.15, 0.2) is 36.7 Å². The minimum Gasteiger partial charge on any atom is -0.344 e. The van der Waals surface area contributed by atoms with Gasteiger partial charge >= 0.3 is 0 Å². The van der Waals surface area contributed by atoms with Crippen LogP contribution in [-0.4, -0.2) is 36.1 Å². The molecule has 1 aromatic carbocycles. The molecule has 3 aromatic heterocycles. The number of hydrogen-bond acceptors (Lipinski definition) is 7. The van der Waals surface area contributed by atoms with E-state index in [9.17, 15) is 0 Å². The lowest BCUT2D eigenvalue weighted by molar-refractivity contribution is 0.768. The molecule has 114 valence electrons. The summed E-state index contributed by atoms with van der Waals surface area (Å²) in [5, 5.41) is 12.9. The van der Waals surface area contributed by atoms with Gasteiger partial charge in [-0.2, -0.15) is 4.52 Å². The van der Waals surface area contributed by atoms with Gasteiger partial charge in [0.1, 0.15) is 5.01 Å². The van der Waals surface area contributed by atoms with Crippen molar-refractivity contribution in [3.05, 3.63) is 41.7 Å². The summed E-state index contributed by atoms with van der Waals surface area (Å²) in [5.41, 5.74) is 1.75. The van der Waals surface area contributed by atoms with Crippen LogP contribution in [0.25, 0.3) is 15.9 Å². The summed E-state index contributed by atoms with van der Waals surface area (Å²) in [5.74, 6) is 0.833. The second-order valence-corrected chi connectivity index (χ2v) is 6.75. The largest absolute Gasteiger partial charge is 0.344 e. The van der Waals surface area contributed by atoms with Gasteiger partial charge in [0.2, 0.25) is 5.65 Å². The molecule has 0 atom stereocenters. The highest BCUT2D eigenvalue weighted by atomic mass is 32.1. The van der Waals surface area contributed by atoms with Gasteiger partial charge in [-0.1, -0.05) is 12.1 Å². The van der Waals surface area contributed by atoms with Crippen molar-refractivity contribution in [3.8, 4) is 0 Å². The lowest BCUT2D eigenvalue weighted by Crippen LogP contribution is -2.26. The summed E-state index contributed by atoms with van der Waals surface area (Å²) >= 11 is 1.73. The molecule has 1 saturated carbocycles. The minimum atomic E-state index is 0.498. The normalized spacial score (nSPS) is 14.6. The molecule has 0 amide bonds. The zero-order chi connectivity index (χ0) is 15.2. The Hall–Kier alpha value is -2.61. The van der Waals surface area contributed by atoms with Crippen LogP contribution < -0.4 is 4.90 Å². The van der Waals surface area contributed by atoms with Crippen LogP contribution in [0.2, 0.25) is 0 Å². The maximum Gasteiger partial charge on any atom is 0.222 e. The molecule has 1 aliphatic carbocycles. The Bertz CT molecular complexity index is 955. The van der Waals surface area contributed by atoms with E-state index in [1.54, 1.807) is 28.2 Å². The zero-order valence-corrected chi connectivity index (χ0v) is 13.0. The molecule has 0 saturated heterocycles. The zero-order valence-electron chi connectivity index (χ0n) is 12.2. The third-order valence-electron chi connectivity index (χ3n) is 4.00. The molecule has 4 aromatic rings. The second kappa shape index (κ2) is 4.95. The van der Waals surface area contributed by atoms with Crippen molar-refractivity contribution in [3.63, 3.8) is 0 Å². The Balaban J connectivity index is 1.56. The van der Waals surface area contributed by atoms with E-state index in [-0.39, 0.29) is 0 Å². The quantitative estimate of drug-likeness (QED) is 0.574. The van der Waals surface area contributed by atoms with Crippen LogP contribution >= 0.6 is 11.3 Å². The van der Waals surface area contributed by atoms with Gasteiger partial charge in [-0.25, -0.2) is 9.97 Å². The van der Waals surface area contributed by atoms with E-state index in [2.05, 4.69) is 37.5 Å². The number of fused-ring (bicyclic) bond motifs is 2. The molecule has 23 heavy (non-hydrogen) atoms. The summed E-state index contributed by atoms with van der Waals surface area (Å²) in [6.07, 6.45) is 5.86. The van der Waals surface area contributed by atoms with Gasteiger partial charge in [0.25, 0.3) is 0 Å². The molecular formula is C15H13N7S. The fraction of sp³-hybridized carbons (Fsp3) is 0.267. The van der Waals surface area contributed by atoms with Crippen LogP contribution in [-0.2, 0) is 6.54 Å². The fourth-order valence-electron chi connectivity index (χ4n) is 2.77. The first-order valence-corrected chi connectivity index (χ1v) is 8.34. The predicted molar refractivity (Wildman–Crippen MR) is 87.4 cm³/mol. The highest BCUT2D eigenvalue weighted by Crippen LogP contribution is 2.34. The van der Waals surface area contributed by atoms with Crippen molar-refractivity contribution in [2.24, 2.45) is 0 Å². The van der Waals surface area contributed by atoms with Crippen molar-refractivity contribution in [2.45, 2.75) is 25.4 Å². The number of thiazole rings is 1. The Labute approximate surface area is 135 Å². The summed E-state index contributed by atoms with van der Waals surface area (Å²) in [4.78, 5) is 11.6. The second-order valence-electron chi connectivity index (χ2n) is 5.63. The first-order valence-electron chi connectivity index (χ1n) is 7.52. The number of hydrogen-bond donors (Lipinski definition) is 0. The summed E-state index contributed by atoms with van der Waals surface area (Å²) in [6.45, 7) is 0.740. The first kappa shape index (κ1) is 12.9. The number of nitrogens with zero attached hydrogens (tertiary/aromatic N) is 7. The molecular weight excluding hydrogens is 310 g/mol. The number of benzene rings is 1. The first-order chi connectivity index (χ1) is 11.4. The third-order valence-corrected chi connectivity index (χ3v) is 5.02. The molecule has 1 fully saturated rings. The van der Waals surface area contributed by atoms with E-state index in [0.29, 0.717) is 11.7 Å². The average Bonchev–Trinajstić information content (AvgIpc) is 3.15. The highest BCUT2D eigenvalue weighted by Gasteiger charge is 2.32. The van der Waals surface area contributed by atoms with Crippen molar-refractivity contribution in [2.75, 3.05) is 4.90 Å². The smallest absolute Gasteiger partial charge is 0.222 e. The minimum absolute atomic E-state index is 0.498. The number of rotatable bonds is 4. The molecule has 0 N–H and O–H groups in total. The molecule has 3 heterocycles. The maximum absolute atomic E-state index is 4.75. The Morgan fingerprint density at radius 2 is 2.17 bits per heavy atom. The van der Waals surface area contributed by atoms with Gasteiger partial charge in [-0.15, -0.1) is 16.4 Å². The molecule has 8 heteroatoms. The van der Waals surface area contributed by atoms with Crippen molar-refractivity contribution in [1.82, 2.24) is 30.0 Å². The monoisotopic (exact) mass is 323 g/mol. The summed E-state index contributed by atoms with van der Waals surface area (Å²) < 4.78 is 2.88. The van der Waals surface area contributed by atoms with Crippen LogP contribution in [0.4, 0.5) is 5.82 Å². The fourth-order valence-corrected chi connectivity index (χ4v) is 3.73. The van der Waals surface area contributed by atoms with Crippen molar-refractivity contribution in [1.29, 1.82) is 0 Å². The lowest BCUT2D eigenvalue weighted by Gasteiger charge is -2.21. The molecule has 5 rings (SSSR count). The van der Waals surface area contributed by atoms with Gasteiger partial charge in [0, 0.05) is 12.2 Å². The third kappa shape index (κ3) is 2.22. The topological polar surface area (TPSA) is 72.1 Å². The van der Waals surface area contributed by atoms with E-state index in [0.717, 1.165) is 22.9 Å². The molecule has 0 bridgehead atoms.